The molecule has 1 aliphatic rings. The fourth-order valence-electron chi connectivity index (χ4n) is 5.25. The molecule has 10 nitrogen and oxygen atoms in total. The van der Waals surface area contributed by atoms with Gasteiger partial charge in [0.25, 0.3) is 5.91 Å². The van der Waals surface area contributed by atoms with Crippen LogP contribution in [0.25, 0.3) is 11.2 Å². The fraction of sp³-hybridized carbons (Fsp3) is 0.273. The average molecular weight is 612 g/mol. The zero-order valence-electron chi connectivity index (χ0n) is 25.2. The van der Waals surface area contributed by atoms with Gasteiger partial charge in [-0.3, -0.25) is 4.79 Å². The first-order chi connectivity index (χ1) is 21.2. The Labute approximate surface area is 261 Å². The third-order valence-corrected chi connectivity index (χ3v) is 7.79. The van der Waals surface area contributed by atoms with E-state index in [1.54, 1.807) is 36.2 Å². The number of anilines is 2. The van der Waals surface area contributed by atoms with E-state index in [0.717, 1.165) is 22.7 Å². The van der Waals surface area contributed by atoms with Crippen molar-refractivity contribution >= 4 is 40.4 Å². The lowest BCUT2D eigenvalue weighted by Crippen LogP contribution is -2.35. The lowest BCUT2D eigenvalue weighted by molar-refractivity contribution is 0.0798. The normalized spacial score (nSPS) is 12.0. The predicted molar refractivity (Wildman–Crippen MR) is 172 cm³/mol. The third-order valence-electron chi connectivity index (χ3n) is 7.53. The van der Waals surface area contributed by atoms with Crippen LogP contribution < -0.4 is 19.7 Å². The van der Waals surface area contributed by atoms with E-state index in [1.807, 2.05) is 41.0 Å². The number of rotatable bonds is 10. The molecule has 0 saturated heterocycles. The van der Waals surface area contributed by atoms with Gasteiger partial charge in [0.05, 0.1) is 12.9 Å². The number of aryl methyl sites for hydroxylation is 2. The Hall–Kier alpha value is -4.83. The van der Waals surface area contributed by atoms with Crippen LogP contribution >= 0.6 is 11.6 Å². The molecule has 226 valence electrons. The maximum absolute atomic E-state index is 13.0. The first kappa shape index (κ1) is 29.3. The summed E-state index contributed by atoms with van der Waals surface area (Å²) >= 11 is 5.99. The van der Waals surface area contributed by atoms with E-state index < -0.39 is 0 Å². The molecule has 0 radical (unpaired) electrons. The van der Waals surface area contributed by atoms with Gasteiger partial charge in [0.2, 0.25) is 12.7 Å². The average Bonchev–Trinajstić information content (AvgIpc) is 3.64. The molecule has 0 saturated carbocycles. The number of hydrogen-bond donors (Lipinski definition) is 1. The number of likely N-dealkylation sites (N-methyl/N-ethyl adjacent to an activating group) is 2. The number of ether oxygens (including phenoxy) is 2. The molecule has 1 aliphatic heterocycles. The minimum atomic E-state index is -0.0796. The number of nitrogens with one attached hydrogen (secondary N) is 1. The quantitative estimate of drug-likeness (QED) is 0.215. The summed E-state index contributed by atoms with van der Waals surface area (Å²) in [4.78, 5) is 31.1. The van der Waals surface area contributed by atoms with Crippen LogP contribution in [-0.2, 0) is 13.1 Å². The van der Waals surface area contributed by atoms with Crippen LogP contribution in [0.2, 0.25) is 5.02 Å². The Morgan fingerprint density at radius 1 is 0.932 bits per heavy atom. The Kier molecular flexibility index (Phi) is 8.25. The first-order valence-electron chi connectivity index (χ1n) is 14.4. The van der Waals surface area contributed by atoms with E-state index in [4.69, 9.17) is 36.0 Å². The van der Waals surface area contributed by atoms with Crippen LogP contribution in [-0.4, -0.2) is 64.3 Å². The molecule has 6 rings (SSSR count). The van der Waals surface area contributed by atoms with E-state index in [2.05, 4.69) is 37.4 Å². The minimum absolute atomic E-state index is 0.0796. The molecule has 0 aliphatic carbocycles. The van der Waals surface area contributed by atoms with Crippen molar-refractivity contribution in [1.82, 2.24) is 24.4 Å². The van der Waals surface area contributed by atoms with E-state index >= 15 is 0 Å². The lowest BCUT2D eigenvalue weighted by Gasteiger charge is -2.23. The van der Waals surface area contributed by atoms with E-state index in [-0.39, 0.29) is 12.7 Å². The summed E-state index contributed by atoms with van der Waals surface area (Å²) in [6.45, 7) is 6.56. The van der Waals surface area contributed by atoms with Crippen molar-refractivity contribution < 1.29 is 14.3 Å². The summed E-state index contributed by atoms with van der Waals surface area (Å²) in [5.74, 6) is 2.54. The highest BCUT2D eigenvalue weighted by molar-refractivity contribution is 6.30. The van der Waals surface area contributed by atoms with Crippen molar-refractivity contribution in [3.05, 3.63) is 99.8 Å². The zero-order valence-corrected chi connectivity index (χ0v) is 25.9. The Balaban J connectivity index is 1.26. The molecule has 0 spiro atoms. The third kappa shape index (κ3) is 6.40. The number of hydrogen-bond acceptors (Lipinski definition) is 8. The number of halogens is 1. The van der Waals surface area contributed by atoms with Crippen LogP contribution in [0, 0.1) is 13.8 Å². The van der Waals surface area contributed by atoms with Gasteiger partial charge in [-0.25, -0.2) is 4.98 Å². The summed E-state index contributed by atoms with van der Waals surface area (Å²) in [6.07, 6.45) is 1.81. The van der Waals surface area contributed by atoms with E-state index in [0.29, 0.717) is 54.0 Å². The predicted octanol–water partition coefficient (Wildman–Crippen LogP) is 5.69. The van der Waals surface area contributed by atoms with Gasteiger partial charge in [0.1, 0.15) is 0 Å². The van der Waals surface area contributed by atoms with Crippen molar-refractivity contribution in [2.75, 3.05) is 44.2 Å². The van der Waals surface area contributed by atoms with Crippen molar-refractivity contribution in [2.45, 2.75) is 26.9 Å². The number of amides is 1. The second-order valence-electron chi connectivity index (χ2n) is 11.1. The van der Waals surface area contributed by atoms with Gasteiger partial charge in [0, 0.05) is 44.3 Å². The lowest BCUT2D eigenvalue weighted by atomic mass is 10.1. The summed E-state index contributed by atoms with van der Waals surface area (Å²) < 4.78 is 13.1. The number of carbonyl (C=O) groups excluding carboxylic acids is 1. The highest BCUT2D eigenvalue weighted by Crippen LogP contribution is 2.33. The summed E-state index contributed by atoms with van der Waals surface area (Å²) in [7, 11) is 3.71. The smallest absolute Gasteiger partial charge is 0.253 e. The molecular weight excluding hydrogens is 578 g/mol. The highest BCUT2D eigenvalue weighted by atomic mass is 35.5. The number of fused-ring (bicyclic) bond motifs is 2. The van der Waals surface area contributed by atoms with Crippen LogP contribution in [0.5, 0.6) is 11.5 Å². The molecule has 1 N–H and O–H groups in total. The van der Waals surface area contributed by atoms with E-state index in [9.17, 15) is 4.79 Å². The molecule has 0 unspecified atom stereocenters. The largest absolute Gasteiger partial charge is 0.454 e. The summed E-state index contributed by atoms with van der Waals surface area (Å²) in [5.41, 5.74) is 6.61. The van der Waals surface area contributed by atoms with Crippen molar-refractivity contribution in [2.24, 2.45) is 0 Å². The number of aromatic nitrogens is 4. The minimum Gasteiger partial charge on any atom is -0.454 e. The molecule has 3 heterocycles. The maximum Gasteiger partial charge on any atom is 0.253 e. The van der Waals surface area contributed by atoms with Gasteiger partial charge in [-0.05, 0) is 61.4 Å². The topological polar surface area (TPSA) is 97.6 Å². The molecule has 3 aromatic carbocycles. The van der Waals surface area contributed by atoms with Crippen LogP contribution in [0.15, 0.2) is 67.0 Å². The Bertz CT molecular complexity index is 1800. The summed E-state index contributed by atoms with van der Waals surface area (Å²) in [6, 6.07) is 19.3. The first-order valence-corrected chi connectivity index (χ1v) is 14.8. The summed E-state index contributed by atoms with van der Waals surface area (Å²) in [5, 5.41) is 4.06. The van der Waals surface area contributed by atoms with Crippen LogP contribution in [0.4, 0.5) is 11.8 Å². The molecule has 5 aromatic rings. The van der Waals surface area contributed by atoms with Crippen molar-refractivity contribution in [3.8, 4) is 11.5 Å². The SMILES string of the molecule is Cc1cc(C)cc(Cn2cnc3c(NCc4ccc5c(c4)OCO5)nc(N(C)CCN(C)C(=O)c4ccc(Cl)cc4)nc32)c1. The number of nitrogens with zero attached hydrogens (tertiary/aromatic N) is 6. The standard InChI is InChI=1S/C33H34ClN7O3/c1-21-13-22(2)15-24(14-21)18-41-19-36-29-30(35-17-23-5-10-27-28(16-23)44-20-43-27)37-33(38-31(29)41)40(4)12-11-39(3)32(42)25-6-8-26(34)9-7-25/h5-10,13-16,19H,11-12,17-18,20H2,1-4H3,(H,35,37,38). The molecule has 2 aromatic heterocycles. The van der Waals surface area contributed by atoms with Gasteiger partial charge in [-0.15, -0.1) is 0 Å². The molecule has 1 amide bonds. The molecule has 0 bridgehead atoms. The van der Waals surface area contributed by atoms with Crippen LogP contribution in [0.1, 0.15) is 32.6 Å². The second-order valence-corrected chi connectivity index (χ2v) is 11.5. The fourth-order valence-corrected chi connectivity index (χ4v) is 5.38. The highest BCUT2D eigenvalue weighted by Gasteiger charge is 2.19. The number of imidazole rings is 1. The zero-order chi connectivity index (χ0) is 30.8. The van der Waals surface area contributed by atoms with Crippen LogP contribution in [0.3, 0.4) is 0 Å². The Morgan fingerprint density at radius 3 is 2.45 bits per heavy atom. The van der Waals surface area contributed by atoms with Gasteiger partial charge >= 0.3 is 0 Å². The molecule has 0 atom stereocenters. The monoisotopic (exact) mass is 611 g/mol. The van der Waals surface area contributed by atoms with E-state index in [1.165, 1.54) is 16.7 Å². The maximum atomic E-state index is 13.0. The number of carbonyl (C=O) groups is 1. The van der Waals surface area contributed by atoms with Gasteiger partial charge in [-0.1, -0.05) is 47.0 Å². The molecule has 11 heteroatoms. The van der Waals surface area contributed by atoms with Crippen molar-refractivity contribution in [1.29, 1.82) is 0 Å². The molecule has 0 fully saturated rings. The van der Waals surface area contributed by atoms with Crippen molar-refractivity contribution in [3.63, 3.8) is 0 Å². The van der Waals surface area contributed by atoms with Gasteiger partial charge in [-0.2, -0.15) is 9.97 Å². The Morgan fingerprint density at radius 2 is 1.68 bits per heavy atom. The molecular formula is C33H34ClN7O3. The van der Waals surface area contributed by atoms with Gasteiger partial charge < -0.3 is 29.2 Å². The molecule has 44 heavy (non-hydrogen) atoms. The number of benzene rings is 3. The van der Waals surface area contributed by atoms with Gasteiger partial charge in [0.15, 0.2) is 28.5 Å². The second kappa shape index (κ2) is 12.4.